The van der Waals surface area contributed by atoms with Gasteiger partial charge in [-0.2, -0.15) is 0 Å². The first-order chi connectivity index (χ1) is 11.6. The Hall–Kier alpha value is -1.99. The fourth-order valence-corrected chi connectivity index (χ4v) is 3.92. The lowest BCUT2D eigenvalue weighted by Gasteiger charge is -2.14. The summed E-state index contributed by atoms with van der Waals surface area (Å²) in [7, 11) is 1.68. The van der Waals surface area contributed by atoms with Crippen LogP contribution in [0.3, 0.4) is 0 Å². The summed E-state index contributed by atoms with van der Waals surface area (Å²) in [6.45, 7) is 4.53. The number of carbonyl (C=O) groups is 1. The van der Waals surface area contributed by atoms with E-state index in [2.05, 4.69) is 20.2 Å². The average Bonchev–Trinajstić information content (AvgIpc) is 3.17. The summed E-state index contributed by atoms with van der Waals surface area (Å²) in [6.07, 6.45) is 5.82. The standard InChI is InChI=1S/C17H22N4O2S/c1-12(22)20-17-19-9-16(24-17)11-21-6-4-13(10-21)7-14-8-15(23-2)3-5-18-14/h3,5,8-9,13H,4,6-7,10-11H2,1-2H3,(H,19,20,22)/t13-/m0/s1. The Bertz CT molecular complexity index is 703. The molecule has 0 aliphatic carbocycles. The Morgan fingerprint density at radius 2 is 2.38 bits per heavy atom. The maximum absolute atomic E-state index is 11.1. The molecule has 1 aliphatic rings. The summed E-state index contributed by atoms with van der Waals surface area (Å²) < 4.78 is 5.26. The zero-order valence-electron chi connectivity index (χ0n) is 14.0. The molecule has 3 rings (SSSR count). The molecule has 128 valence electrons. The molecule has 0 spiro atoms. The molecule has 7 heteroatoms. The van der Waals surface area contributed by atoms with Crippen LogP contribution in [0.1, 0.15) is 23.9 Å². The van der Waals surface area contributed by atoms with Crippen LogP contribution in [-0.4, -0.2) is 41.0 Å². The largest absolute Gasteiger partial charge is 0.497 e. The number of methoxy groups -OCH3 is 1. The number of amides is 1. The maximum Gasteiger partial charge on any atom is 0.223 e. The Balaban J connectivity index is 1.51. The first-order valence-electron chi connectivity index (χ1n) is 8.06. The fraction of sp³-hybridized carbons (Fsp3) is 0.471. The summed E-state index contributed by atoms with van der Waals surface area (Å²) in [6, 6.07) is 3.90. The second-order valence-corrected chi connectivity index (χ2v) is 7.21. The van der Waals surface area contributed by atoms with Crippen molar-refractivity contribution < 1.29 is 9.53 Å². The van der Waals surface area contributed by atoms with Crippen molar-refractivity contribution in [2.75, 3.05) is 25.5 Å². The number of nitrogens with zero attached hydrogens (tertiary/aromatic N) is 3. The van der Waals surface area contributed by atoms with Crippen LogP contribution in [0.5, 0.6) is 5.75 Å². The van der Waals surface area contributed by atoms with Gasteiger partial charge in [-0.1, -0.05) is 0 Å². The van der Waals surface area contributed by atoms with Gasteiger partial charge in [-0.25, -0.2) is 4.98 Å². The van der Waals surface area contributed by atoms with Crippen molar-refractivity contribution in [1.29, 1.82) is 0 Å². The smallest absolute Gasteiger partial charge is 0.223 e. The number of likely N-dealkylation sites (tertiary alicyclic amines) is 1. The van der Waals surface area contributed by atoms with E-state index in [1.165, 1.54) is 18.2 Å². The zero-order chi connectivity index (χ0) is 16.9. The number of thiazole rings is 1. The maximum atomic E-state index is 11.1. The summed E-state index contributed by atoms with van der Waals surface area (Å²) in [5.41, 5.74) is 1.09. The first-order valence-corrected chi connectivity index (χ1v) is 8.87. The molecular formula is C17H22N4O2S. The number of anilines is 1. The molecular weight excluding hydrogens is 324 g/mol. The molecule has 1 atom stereocenters. The highest BCUT2D eigenvalue weighted by atomic mass is 32.1. The van der Waals surface area contributed by atoms with E-state index in [-0.39, 0.29) is 5.91 Å². The molecule has 0 bridgehead atoms. The van der Waals surface area contributed by atoms with Crippen molar-refractivity contribution in [1.82, 2.24) is 14.9 Å². The molecule has 2 aromatic heterocycles. The minimum Gasteiger partial charge on any atom is -0.497 e. The van der Waals surface area contributed by atoms with Gasteiger partial charge in [0.25, 0.3) is 0 Å². The third-order valence-corrected chi connectivity index (χ3v) is 5.01. The summed E-state index contributed by atoms with van der Waals surface area (Å²) in [5, 5.41) is 3.41. The topological polar surface area (TPSA) is 67.3 Å². The van der Waals surface area contributed by atoms with Gasteiger partial charge in [0.05, 0.1) is 7.11 Å². The molecule has 0 saturated carbocycles. The van der Waals surface area contributed by atoms with Crippen LogP contribution in [0.25, 0.3) is 0 Å². The van der Waals surface area contributed by atoms with Crippen molar-refractivity contribution in [3.8, 4) is 5.75 Å². The van der Waals surface area contributed by atoms with E-state index < -0.39 is 0 Å². The van der Waals surface area contributed by atoms with Crippen molar-refractivity contribution in [3.05, 3.63) is 35.1 Å². The molecule has 1 amide bonds. The van der Waals surface area contributed by atoms with Crippen LogP contribution in [0.2, 0.25) is 0 Å². The third-order valence-electron chi connectivity index (χ3n) is 4.11. The quantitative estimate of drug-likeness (QED) is 0.871. The number of hydrogen-bond donors (Lipinski definition) is 1. The van der Waals surface area contributed by atoms with Crippen molar-refractivity contribution in [2.45, 2.75) is 26.3 Å². The number of ether oxygens (including phenoxy) is 1. The van der Waals surface area contributed by atoms with E-state index in [1.54, 1.807) is 18.4 Å². The van der Waals surface area contributed by atoms with E-state index in [0.717, 1.165) is 37.5 Å². The molecule has 1 aliphatic heterocycles. The number of nitrogens with one attached hydrogen (secondary N) is 1. The van der Waals surface area contributed by atoms with Gasteiger partial charge < -0.3 is 10.1 Å². The fourth-order valence-electron chi connectivity index (χ4n) is 3.02. The van der Waals surface area contributed by atoms with Crippen LogP contribution < -0.4 is 10.1 Å². The SMILES string of the molecule is COc1ccnc(C[C@@H]2CCN(Cc3cnc(NC(C)=O)s3)C2)c1. The molecule has 2 aromatic rings. The molecule has 1 saturated heterocycles. The van der Waals surface area contributed by atoms with Gasteiger partial charge in [-0.3, -0.25) is 14.7 Å². The van der Waals surface area contributed by atoms with Gasteiger partial charge >= 0.3 is 0 Å². The number of hydrogen-bond acceptors (Lipinski definition) is 6. The predicted octanol–water partition coefficient (Wildman–Crippen LogP) is 2.57. The van der Waals surface area contributed by atoms with Crippen molar-refractivity contribution in [3.63, 3.8) is 0 Å². The first kappa shape index (κ1) is 16.9. The summed E-state index contributed by atoms with van der Waals surface area (Å²) in [4.78, 5) is 23.4. The molecule has 0 radical (unpaired) electrons. The molecule has 24 heavy (non-hydrogen) atoms. The molecule has 1 fully saturated rings. The highest BCUT2D eigenvalue weighted by molar-refractivity contribution is 7.15. The molecule has 3 heterocycles. The lowest BCUT2D eigenvalue weighted by molar-refractivity contribution is -0.114. The van der Waals surface area contributed by atoms with Crippen LogP contribution in [0.4, 0.5) is 5.13 Å². The number of rotatable bonds is 6. The molecule has 0 aromatic carbocycles. The Morgan fingerprint density at radius 3 is 3.17 bits per heavy atom. The molecule has 0 unspecified atom stereocenters. The second kappa shape index (κ2) is 7.72. The summed E-state index contributed by atoms with van der Waals surface area (Å²) in [5.74, 6) is 1.40. The normalized spacial score (nSPS) is 17.8. The van der Waals surface area contributed by atoms with Gasteiger partial charge in [0.2, 0.25) is 5.91 Å². The average molecular weight is 346 g/mol. The second-order valence-electron chi connectivity index (χ2n) is 6.09. The minimum absolute atomic E-state index is 0.0806. The number of pyridine rings is 1. The van der Waals surface area contributed by atoms with Crippen LogP contribution in [-0.2, 0) is 17.8 Å². The van der Waals surface area contributed by atoms with Crippen LogP contribution >= 0.6 is 11.3 Å². The van der Waals surface area contributed by atoms with Crippen molar-refractivity contribution in [2.24, 2.45) is 5.92 Å². The Morgan fingerprint density at radius 1 is 1.50 bits per heavy atom. The monoisotopic (exact) mass is 346 g/mol. The van der Waals surface area contributed by atoms with Crippen LogP contribution in [0.15, 0.2) is 24.5 Å². The number of aromatic nitrogens is 2. The van der Waals surface area contributed by atoms with Gasteiger partial charge in [-0.15, -0.1) is 11.3 Å². The Kier molecular flexibility index (Phi) is 5.42. The van der Waals surface area contributed by atoms with Crippen LogP contribution in [0, 0.1) is 5.92 Å². The van der Waals surface area contributed by atoms with Gasteiger partial charge in [0.1, 0.15) is 5.75 Å². The molecule has 6 nitrogen and oxygen atoms in total. The number of carbonyl (C=O) groups excluding carboxylic acids is 1. The van der Waals surface area contributed by atoms with E-state index in [0.29, 0.717) is 11.0 Å². The molecule has 1 N–H and O–H groups in total. The summed E-state index contributed by atoms with van der Waals surface area (Å²) >= 11 is 1.54. The Labute approximate surface area is 145 Å². The lowest BCUT2D eigenvalue weighted by atomic mass is 10.0. The zero-order valence-corrected chi connectivity index (χ0v) is 14.8. The predicted molar refractivity (Wildman–Crippen MR) is 94.3 cm³/mol. The van der Waals surface area contributed by atoms with E-state index in [1.807, 2.05) is 24.5 Å². The highest BCUT2D eigenvalue weighted by Crippen LogP contribution is 2.25. The third kappa shape index (κ3) is 4.52. The highest BCUT2D eigenvalue weighted by Gasteiger charge is 2.23. The van der Waals surface area contributed by atoms with E-state index >= 15 is 0 Å². The lowest BCUT2D eigenvalue weighted by Crippen LogP contribution is -2.20. The van der Waals surface area contributed by atoms with E-state index in [9.17, 15) is 4.79 Å². The van der Waals surface area contributed by atoms with Gasteiger partial charge in [0, 0.05) is 49.0 Å². The van der Waals surface area contributed by atoms with Crippen molar-refractivity contribution >= 4 is 22.4 Å². The minimum atomic E-state index is -0.0806. The van der Waals surface area contributed by atoms with Gasteiger partial charge in [-0.05, 0) is 31.4 Å². The van der Waals surface area contributed by atoms with E-state index in [4.69, 9.17) is 4.74 Å². The van der Waals surface area contributed by atoms with Gasteiger partial charge in [0.15, 0.2) is 5.13 Å².